The van der Waals surface area contributed by atoms with Gasteiger partial charge in [0, 0.05) is 24.2 Å². The van der Waals surface area contributed by atoms with Crippen molar-refractivity contribution >= 4 is 11.3 Å². The van der Waals surface area contributed by atoms with Gasteiger partial charge in [-0.1, -0.05) is 24.3 Å². The Labute approximate surface area is 121 Å². The third kappa shape index (κ3) is 2.95. The number of aromatic amines is 1. The monoisotopic (exact) mass is 284 g/mol. The quantitative estimate of drug-likeness (QED) is 0.757. The summed E-state index contributed by atoms with van der Waals surface area (Å²) in [6, 6.07) is 10.5. The lowest BCUT2D eigenvalue weighted by Gasteiger charge is -2.05. The van der Waals surface area contributed by atoms with Crippen LogP contribution in [0.3, 0.4) is 0 Å². The number of aromatic nitrogens is 3. The highest BCUT2D eigenvalue weighted by atomic mass is 32.1. The van der Waals surface area contributed by atoms with E-state index >= 15 is 0 Å². The Morgan fingerprint density at radius 3 is 2.65 bits per heavy atom. The summed E-state index contributed by atoms with van der Waals surface area (Å²) >= 11 is 1.70. The molecule has 0 saturated heterocycles. The fourth-order valence-corrected chi connectivity index (χ4v) is 2.78. The zero-order valence-electron chi connectivity index (χ0n) is 11.3. The molecule has 20 heavy (non-hydrogen) atoms. The van der Waals surface area contributed by atoms with E-state index in [1.54, 1.807) is 17.5 Å². The molecule has 0 aliphatic heterocycles. The van der Waals surface area contributed by atoms with Gasteiger partial charge in [0.2, 0.25) is 0 Å². The molecule has 0 unspecified atom stereocenters. The number of rotatable bonds is 5. The third-order valence-corrected chi connectivity index (χ3v) is 4.16. The Morgan fingerprint density at radius 1 is 1.15 bits per heavy atom. The molecule has 0 saturated carbocycles. The second kappa shape index (κ2) is 5.98. The van der Waals surface area contributed by atoms with Gasteiger partial charge in [-0.15, -0.1) is 11.3 Å². The van der Waals surface area contributed by atoms with Crippen LogP contribution in [-0.2, 0) is 13.1 Å². The Balaban J connectivity index is 1.57. The highest BCUT2D eigenvalue weighted by Gasteiger charge is 2.02. The van der Waals surface area contributed by atoms with Gasteiger partial charge in [0.25, 0.3) is 0 Å². The molecule has 0 aliphatic rings. The van der Waals surface area contributed by atoms with E-state index in [0.717, 1.165) is 30.0 Å². The first-order chi connectivity index (χ1) is 9.83. The van der Waals surface area contributed by atoms with Crippen molar-refractivity contribution < 1.29 is 0 Å². The number of nitrogens with one attached hydrogen (secondary N) is 2. The fourth-order valence-electron chi connectivity index (χ4n) is 2.04. The summed E-state index contributed by atoms with van der Waals surface area (Å²) in [7, 11) is 0. The molecule has 0 radical (unpaired) electrons. The summed E-state index contributed by atoms with van der Waals surface area (Å²) in [5.41, 5.74) is 6.49. The molecular formula is C15H16N4S. The number of thiazole rings is 1. The summed E-state index contributed by atoms with van der Waals surface area (Å²) in [5.74, 6) is 0. The summed E-state index contributed by atoms with van der Waals surface area (Å²) in [5, 5.41) is 10.4. The van der Waals surface area contributed by atoms with Gasteiger partial charge >= 0.3 is 0 Å². The van der Waals surface area contributed by atoms with Gasteiger partial charge < -0.3 is 5.32 Å². The van der Waals surface area contributed by atoms with Crippen molar-refractivity contribution in [3.63, 3.8) is 0 Å². The average Bonchev–Trinajstić information content (AvgIpc) is 3.12. The van der Waals surface area contributed by atoms with Crippen LogP contribution >= 0.6 is 11.3 Å². The van der Waals surface area contributed by atoms with Crippen LogP contribution in [0.5, 0.6) is 0 Å². The molecule has 2 aromatic heterocycles. The molecule has 0 fully saturated rings. The smallest absolute Gasteiger partial charge is 0.0798 e. The van der Waals surface area contributed by atoms with Crippen LogP contribution in [0.4, 0.5) is 0 Å². The number of H-pyrrole nitrogens is 1. The van der Waals surface area contributed by atoms with E-state index in [4.69, 9.17) is 0 Å². The molecule has 4 nitrogen and oxygen atoms in total. The van der Waals surface area contributed by atoms with E-state index in [-0.39, 0.29) is 0 Å². The van der Waals surface area contributed by atoms with Crippen LogP contribution in [0, 0.1) is 6.92 Å². The lowest BCUT2D eigenvalue weighted by atomic mass is 10.1. The lowest BCUT2D eigenvalue weighted by molar-refractivity contribution is 0.697. The van der Waals surface area contributed by atoms with E-state index in [2.05, 4.69) is 44.8 Å². The highest BCUT2D eigenvalue weighted by molar-refractivity contribution is 7.09. The van der Waals surface area contributed by atoms with E-state index in [0.29, 0.717) is 0 Å². The van der Waals surface area contributed by atoms with Crippen LogP contribution in [0.1, 0.15) is 16.1 Å². The van der Waals surface area contributed by atoms with Crippen molar-refractivity contribution in [3.05, 3.63) is 58.2 Å². The summed E-state index contributed by atoms with van der Waals surface area (Å²) < 4.78 is 0. The summed E-state index contributed by atoms with van der Waals surface area (Å²) in [4.78, 5) is 5.56. The molecule has 3 aromatic rings. The predicted octanol–water partition coefficient (Wildman–Crippen LogP) is 3.13. The second-order valence-corrected chi connectivity index (χ2v) is 5.57. The van der Waals surface area contributed by atoms with Gasteiger partial charge in [0.05, 0.1) is 16.9 Å². The molecule has 2 N–H and O–H groups in total. The van der Waals surface area contributed by atoms with Crippen LogP contribution in [0.25, 0.3) is 11.3 Å². The minimum Gasteiger partial charge on any atom is -0.308 e. The minimum absolute atomic E-state index is 0.862. The van der Waals surface area contributed by atoms with Crippen molar-refractivity contribution in [2.45, 2.75) is 20.0 Å². The normalized spacial score (nSPS) is 10.8. The van der Waals surface area contributed by atoms with Gasteiger partial charge in [-0.2, -0.15) is 5.10 Å². The Bertz CT molecular complexity index is 656. The van der Waals surface area contributed by atoms with Crippen molar-refractivity contribution in [1.29, 1.82) is 0 Å². The first-order valence-corrected chi connectivity index (χ1v) is 7.39. The highest BCUT2D eigenvalue weighted by Crippen LogP contribution is 2.17. The van der Waals surface area contributed by atoms with Gasteiger partial charge in [0.1, 0.15) is 0 Å². The van der Waals surface area contributed by atoms with Crippen LogP contribution in [0.15, 0.2) is 42.0 Å². The van der Waals surface area contributed by atoms with Gasteiger partial charge in [-0.3, -0.25) is 5.10 Å². The maximum atomic E-state index is 4.25. The summed E-state index contributed by atoms with van der Waals surface area (Å²) in [6.45, 7) is 3.78. The predicted molar refractivity (Wildman–Crippen MR) is 81.4 cm³/mol. The molecule has 3 rings (SSSR count). The molecular weight excluding hydrogens is 268 g/mol. The molecule has 0 spiro atoms. The standard InChI is InChI=1S/C15H16N4S/c1-11-15(20-10-17-11)9-16-8-12-2-4-13(5-3-12)14-6-7-18-19-14/h2-7,10,16H,8-9H2,1H3,(H,18,19). The first kappa shape index (κ1) is 13.0. The summed E-state index contributed by atoms with van der Waals surface area (Å²) in [6.07, 6.45) is 1.77. The molecule has 0 atom stereocenters. The Kier molecular flexibility index (Phi) is 3.90. The molecule has 0 aliphatic carbocycles. The Hall–Kier alpha value is -1.98. The molecule has 1 aromatic carbocycles. The van der Waals surface area contributed by atoms with Crippen molar-refractivity contribution in [2.75, 3.05) is 0 Å². The number of aryl methyl sites for hydroxylation is 1. The SMILES string of the molecule is Cc1ncsc1CNCc1ccc(-c2ccn[nH]2)cc1. The molecule has 5 heteroatoms. The third-order valence-electron chi connectivity index (χ3n) is 3.23. The van der Waals surface area contributed by atoms with Crippen LogP contribution in [0.2, 0.25) is 0 Å². The lowest BCUT2D eigenvalue weighted by Crippen LogP contribution is -2.12. The number of nitrogens with zero attached hydrogens (tertiary/aromatic N) is 2. The zero-order valence-corrected chi connectivity index (χ0v) is 12.1. The molecule has 102 valence electrons. The Morgan fingerprint density at radius 2 is 2.00 bits per heavy atom. The van der Waals surface area contributed by atoms with Gasteiger partial charge in [-0.05, 0) is 24.1 Å². The number of hydrogen-bond acceptors (Lipinski definition) is 4. The second-order valence-electron chi connectivity index (χ2n) is 4.63. The zero-order chi connectivity index (χ0) is 13.8. The molecule has 2 heterocycles. The number of hydrogen-bond donors (Lipinski definition) is 2. The van der Waals surface area contributed by atoms with Crippen LogP contribution in [-0.4, -0.2) is 15.2 Å². The van der Waals surface area contributed by atoms with Crippen LogP contribution < -0.4 is 5.32 Å². The minimum atomic E-state index is 0.862. The van der Waals surface area contributed by atoms with E-state index in [1.165, 1.54) is 10.4 Å². The average molecular weight is 284 g/mol. The largest absolute Gasteiger partial charge is 0.308 e. The fraction of sp³-hybridized carbons (Fsp3) is 0.200. The number of benzene rings is 1. The van der Waals surface area contributed by atoms with E-state index in [1.807, 2.05) is 18.5 Å². The van der Waals surface area contributed by atoms with Gasteiger partial charge in [-0.25, -0.2) is 4.98 Å². The van der Waals surface area contributed by atoms with Gasteiger partial charge in [0.15, 0.2) is 0 Å². The first-order valence-electron chi connectivity index (χ1n) is 6.51. The topological polar surface area (TPSA) is 53.6 Å². The van der Waals surface area contributed by atoms with Crippen molar-refractivity contribution in [3.8, 4) is 11.3 Å². The van der Waals surface area contributed by atoms with Crippen molar-refractivity contribution in [1.82, 2.24) is 20.5 Å². The van der Waals surface area contributed by atoms with Crippen molar-refractivity contribution in [2.24, 2.45) is 0 Å². The van der Waals surface area contributed by atoms with E-state index in [9.17, 15) is 0 Å². The molecule has 0 amide bonds. The maximum Gasteiger partial charge on any atom is 0.0798 e. The molecule has 0 bridgehead atoms. The van der Waals surface area contributed by atoms with E-state index < -0.39 is 0 Å². The maximum absolute atomic E-state index is 4.25.